The van der Waals surface area contributed by atoms with Crippen LogP contribution in [0.4, 0.5) is 0 Å². The molecule has 0 saturated heterocycles. The van der Waals surface area contributed by atoms with Gasteiger partial charge in [0, 0.05) is 13.0 Å². The Morgan fingerprint density at radius 3 is 2.95 bits per heavy atom. The number of carbonyl (C=O) groups excluding carboxylic acids is 1. The maximum atomic E-state index is 11.8. The summed E-state index contributed by atoms with van der Waals surface area (Å²) in [6.45, 7) is 0.878. The number of ether oxygens (including phenoxy) is 2. The molecule has 4 nitrogen and oxygen atoms in total. The van der Waals surface area contributed by atoms with Crippen LogP contribution in [0, 0.1) is 0 Å². The zero-order valence-electron chi connectivity index (χ0n) is 10.9. The third-order valence-electron chi connectivity index (χ3n) is 3.15. The van der Waals surface area contributed by atoms with Gasteiger partial charge in [-0.3, -0.25) is 4.79 Å². The van der Waals surface area contributed by atoms with E-state index in [2.05, 4.69) is 5.32 Å². The summed E-state index contributed by atoms with van der Waals surface area (Å²) in [6, 6.07) is 7.82. The summed E-state index contributed by atoms with van der Waals surface area (Å²) < 4.78 is 10.6. The predicted molar refractivity (Wildman–Crippen MR) is 77.1 cm³/mol. The van der Waals surface area contributed by atoms with Gasteiger partial charge in [-0.25, -0.2) is 0 Å². The van der Waals surface area contributed by atoms with Crippen LogP contribution in [0.15, 0.2) is 35.0 Å². The van der Waals surface area contributed by atoms with Crippen LogP contribution in [-0.2, 0) is 17.8 Å². The predicted octanol–water partition coefficient (Wildman–Crippen LogP) is 2.73. The van der Waals surface area contributed by atoms with E-state index in [1.165, 1.54) is 0 Å². The van der Waals surface area contributed by atoms with Crippen LogP contribution in [0.5, 0.6) is 11.5 Å². The van der Waals surface area contributed by atoms with Crippen molar-refractivity contribution in [1.29, 1.82) is 0 Å². The van der Waals surface area contributed by atoms with Crippen molar-refractivity contribution >= 4 is 17.2 Å². The Labute approximate surface area is 121 Å². The number of fused-ring (bicyclic) bond motifs is 1. The lowest BCUT2D eigenvalue weighted by molar-refractivity contribution is -0.121. The monoisotopic (exact) mass is 289 g/mol. The Bertz CT molecular complexity index is 595. The van der Waals surface area contributed by atoms with Gasteiger partial charge in [-0.1, -0.05) is 6.07 Å². The fraction of sp³-hybridized carbons (Fsp3) is 0.267. The molecule has 20 heavy (non-hydrogen) atoms. The van der Waals surface area contributed by atoms with Crippen molar-refractivity contribution in [2.24, 2.45) is 0 Å². The highest BCUT2D eigenvalue weighted by Gasteiger charge is 2.13. The van der Waals surface area contributed by atoms with Crippen molar-refractivity contribution in [1.82, 2.24) is 5.32 Å². The number of thiophene rings is 1. The van der Waals surface area contributed by atoms with E-state index in [-0.39, 0.29) is 12.7 Å². The topological polar surface area (TPSA) is 47.6 Å². The van der Waals surface area contributed by atoms with Crippen molar-refractivity contribution < 1.29 is 14.3 Å². The molecule has 1 aromatic carbocycles. The number of nitrogens with one attached hydrogen (secondary N) is 1. The third-order valence-corrected chi connectivity index (χ3v) is 3.88. The molecule has 0 atom stereocenters. The van der Waals surface area contributed by atoms with E-state index in [4.69, 9.17) is 9.47 Å². The Hall–Kier alpha value is -2.01. The largest absolute Gasteiger partial charge is 0.454 e. The fourth-order valence-corrected chi connectivity index (χ4v) is 2.71. The molecule has 1 aliphatic heterocycles. The van der Waals surface area contributed by atoms with Gasteiger partial charge in [0.05, 0.1) is 0 Å². The maximum absolute atomic E-state index is 11.8. The van der Waals surface area contributed by atoms with Gasteiger partial charge in [0.1, 0.15) is 0 Å². The van der Waals surface area contributed by atoms with E-state index in [1.54, 1.807) is 11.3 Å². The number of rotatable bonds is 5. The summed E-state index contributed by atoms with van der Waals surface area (Å²) in [5.41, 5.74) is 2.23. The number of hydrogen-bond donors (Lipinski definition) is 1. The molecule has 2 aromatic rings. The van der Waals surface area contributed by atoms with Crippen LogP contribution in [0.3, 0.4) is 0 Å². The lowest BCUT2D eigenvalue weighted by Crippen LogP contribution is -2.22. The van der Waals surface area contributed by atoms with Crippen LogP contribution in [-0.4, -0.2) is 12.7 Å². The molecule has 1 aliphatic rings. The minimum absolute atomic E-state index is 0.0638. The lowest BCUT2D eigenvalue weighted by Gasteiger charge is -2.05. The van der Waals surface area contributed by atoms with E-state index in [9.17, 15) is 4.79 Å². The van der Waals surface area contributed by atoms with Gasteiger partial charge in [0.2, 0.25) is 12.7 Å². The smallest absolute Gasteiger partial charge is 0.231 e. The van der Waals surface area contributed by atoms with Crippen molar-refractivity contribution in [2.75, 3.05) is 6.79 Å². The molecule has 0 fully saturated rings. The second kappa shape index (κ2) is 5.96. The second-order valence-corrected chi connectivity index (χ2v) is 5.38. The third kappa shape index (κ3) is 3.11. The standard InChI is InChI=1S/C15H15NO3S/c17-15(16-8-12-5-6-20-9-12)4-2-11-1-3-13-14(7-11)19-10-18-13/h1,3,5-7,9H,2,4,8,10H2,(H,16,17). The van der Waals surface area contributed by atoms with E-state index < -0.39 is 0 Å². The molecule has 1 amide bonds. The van der Waals surface area contributed by atoms with Crippen LogP contribution >= 0.6 is 11.3 Å². The Morgan fingerprint density at radius 1 is 1.20 bits per heavy atom. The molecule has 2 heterocycles. The summed E-state index contributed by atoms with van der Waals surface area (Å²) in [6.07, 6.45) is 1.18. The normalized spacial score (nSPS) is 12.4. The van der Waals surface area contributed by atoms with Crippen molar-refractivity contribution in [3.63, 3.8) is 0 Å². The number of hydrogen-bond acceptors (Lipinski definition) is 4. The highest BCUT2D eigenvalue weighted by Crippen LogP contribution is 2.32. The van der Waals surface area contributed by atoms with Crippen molar-refractivity contribution in [3.05, 3.63) is 46.2 Å². The van der Waals surface area contributed by atoms with Crippen LogP contribution in [0.25, 0.3) is 0 Å². The van der Waals surface area contributed by atoms with Crippen LogP contribution in [0.1, 0.15) is 17.5 Å². The number of amides is 1. The molecule has 104 valence electrons. The van der Waals surface area contributed by atoms with Gasteiger partial charge >= 0.3 is 0 Å². The van der Waals surface area contributed by atoms with Gasteiger partial charge in [0.25, 0.3) is 0 Å². The first-order valence-corrected chi connectivity index (χ1v) is 7.42. The zero-order chi connectivity index (χ0) is 13.8. The Balaban J connectivity index is 1.48. The van der Waals surface area contributed by atoms with Crippen LogP contribution in [0.2, 0.25) is 0 Å². The summed E-state index contributed by atoms with van der Waals surface area (Å²) in [4.78, 5) is 11.8. The van der Waals surface area contributed by atoms with E-state index >= 15 is 0 Å². The van der Waals surface area contributed by atoms with Crippen LogP contribution < -0.4 is 14.8 Å². The molecule has 1 N–H and O–H groups in total. The van der Waals surface area contributed by atoms with Gasteiger partial charge in [-0.15, -0.1) is 0 Å². The molecule has 3 rings (SSSR count). The molecule has 0 bridgehead atoms. The number of aryl methyl sites for hydroxylation is 1. The first kappa shape index (κ1) is 13.0. The minimum atomic E-state index is 0.0638. The van der Waals surface area contributed by atoms with E-state index in [1.807, 2.05) is 35.0 Å². The molecule has 0 saturated carbocycles. The summed E-state index contributed by atoms with van der Waals surface area (Å²) in [5, 5.41) is 6.97. The van der Waals surface area contributed by atoms with Gasteiger partial charge in [-0.2, -0.15) is 11.3 Å². The molecular formula is C15H15NO3S. The maximum Gasteiger partial charge on any atom is 0.231 e. The van der Waals surface area contributed by atoms with Gasteiger partial charge in [-0.05, 0) is 46.5 Å². The van der Waals surface area contributed by atoms with E-state index in [0.29, 0.717) is 19.4 Å². The SMILES string of the molecule is O=C(CCc1ccc2c(c1)OCO2)NCc1ccsc1. The van der Waals surface area contributed by atoms with Gasteiger partial charge in [0.15, 0.2) is 11.5 Å². The highest BCUT2D eigenvalue weighted by atomic mass is 32.1. The van der Waals surface area contributed by atoms with E-state index in [0.717, 1.165) is 22.6 Å². The number of carbonyl (C=O) groups is 1. The second-order valence-electron chi connectivity index (χ2n) is 4.60. The average Bonchev–Trinajstić information content (AvgIpc) is 3.13. The molecule has 5 heteroatoms. The van der Waals surface area contributed by atoms with Crippen molar-refractivity contribution in [3.8, 4) is 11.5 Å². The fourth-order valence-electron chi connectivity index (χ4n) is 2.04. The molecule has 0 radical (unpaired) electrons. The summed E-state index contributed by atoms with van der Waals surface area (Å²) in [5.74, 6) is 1.60. The Kier molecular flexibility index (Phi) is 3.87. The first-order chi connectivity index (χ1) is 9.81. The average molecular weight is 289 g/mol. The summed E-state index contributed by atoms with van der Waals surface area (Å²) in [7, 11) is 0. The minimum Gasteiger partial charge on any atom is -0.454 e. The first-order valence-electron chi connectivity index (χ1n) is 6.47. The van der Waals surface area contributed by atoms with Gasteiger partial charge < -0.3 is 14.8 Å². The highest BCUT2D eigenvalue weighted by molar-refractivity contribution is 7.07. The number of benzene rings is 1. The van der Waals surface area contributed by atoms with Crippen molar-refractivity contribution in [2.45, 2.75) is 19.4 Å². The zero-order valence-corrected chi connectivity index (χ0v) is 11.7. The molecule has 0 aliphatic carbocycles. The molecular weight excluding hydrogens is 274 g/mol. The lowest BCUT2D eigenvalue weighted by atomic mass is 10.1. The quantitative estimate of drug-likeness (QED) is 0.920. The molecule has 0 unspecified atom stereocenters. The Morgan fingerprint density at radius 2 is 2.10 bits per heavy atom. The molecule has 0 spiro atoms. The summed E-state index contributed by atoms with van der Waals surface area (Å²) >= 11 is 1.64. The molecule has 1 aromatic heterocycles.